The fourth-order valence-electron chi connectivity index (χ4n) is 1.21. The molecule has 0 saturated heterocycles. The van der Waals surface area contributed by atoms with E-state index in [0.29, 0.717) is 22.8 Å². The molecule has 0 aliphatic rings. The van der Waals surface area contributed by atoms with Crippen molar-refractivity contribution in [1.29, 1.82) is 0 Å². The molecule has 0 saturated carbocycles. The van der Waals surface area contributed by atoms with E-state index in [1.807, 2.05) is 0 Å². The van der Waals surface area contributed by atoms with Gasteiger partial charge >= 0.3 is 5.97 Å². The Morgan fingerprint density at radius 1 is 1.44 bits per heavy atom. The van der Waals surface area contributed by atoms with Crippen molar-refractivity contribution in [3.8, 4) is 11.8 Å². The predicted molar refractivity (Wildman–Crippen MR) is 73.0 cm³/mol. The highest BCUT2D eigenvalue weighted by molar-refractivity contribution is 8.13. The molecule has 0 heterocycles. The summed E-state index contributed by atoms with van der Waals surface area (Å²) in [6, 6.07) is 4.55. The third-order valence-corrected chi connectivity index (χ3v) is 3.02. The van der Waals surface area contributed by atoms with Crippen LogP contribution in [-0.2, 0) is 4.79 Å². The first-order valence-electron chi connectivity index (χ1n) is 5.16. The first-order valence-corrected chi connectivity index (χ1v) is 6.52. The molecular weight excluding hydrogens is 272 g/mol. The highest BCUT2D eigenvalue weighted by atomic mass is 35.5. The van der Waals surface area contributed by atoms with Gasteiger partial charge in [-0.3, -0.25) is 4.79 Å². The van der Waals surface area contributed by atoms with Gasteiger partial charge in [-0.2, -0.15) is 0 Å². The summed E-state index contributed by atoms with van der Waals surface area (Å²) in [4.78, 5) is 21.7. The van der Waals surface area contributed by atoms with Crippen LogP contribution in [0.25, 0.3) is 0 Å². The number of benzene rings is 1. The molecule has 1 aromatic carbocycles. The van der Waals surface area contributed by atoms with Gasteiger partial charge in [0.1, 0.15) is 0 Å². The topological polar surface area (TPSA) is 54.4 Å². The lowest BCUT2D eigenvalue weighted by atomic mass is 10.1. The van der Waals surface area contributed by atoms with Gasteiger partial charge in [-0.05, 0) is 18.2 Å². The van der Waals surface area contributed by atoms with E-state index in [-0.39, 0.29) is 10.7 Å². The van der Waals surface area contributed by atoms with Gasteiger partial charge in [-0.1, -0.05) is 35.2 Å². The fourth-order valence-corrected chi connectivity index (χ4v) is 1.87. The molecule has 0 aliphatic carbocycles. The van der Waals surface area contributed by atoms with Gasteiger partial charge in [-0.15, -0.1) is 0 Å². The van der Waals surface area contributed by atoms with E-state index < -0.39 is 5.97 Å². The molecule has 1 N–H and O–H groups in total. The first-order chi connectivity index (χ1) is 8.50. The molecule has 0 atom stereocenters. The van der Waals surface area contributed by atoms with Crippen LogP contribution in [0.15, 0.2) is 18.2 Å². The third-order valence-electron chi connectivity index (χ3n) is 1.97. The van der Waals surface area contributed by atoms with E-state index in [0.717, 1.165) is 0 Å². The molecular formula is C13H11ClO3S. The van der Waals surface area contributed by atoms with Gasteiger partial charge in [0.15, 0.2) is 5.12 Å². The van der Waals surface area contributed by atoms with Crippen LogP contribution in [0.1, 0.15) is 29.3 Å². The first kappa shape index (κ1) is 14.6. The van der Waals surface area contributed by atoms with E-state index in [4.69, 9.17) is 16.7 Å². The lowest BCUT2D eigenvalue weighted by molar-refractivity contribution is -0.109. The second-order valence-corrected chi connectivity index (χ2v) is 5.10. The second kappa shape index (κ2) is 7.10. The molecule has 0 radical (unpaired) electrons. The summed E-state index contributed by atoms with van der Waals surface area (Å²) in [5, 5.41) is 9.41. The minimum atomic E-state index is -1.06. The average Bonchev–Trinajstić information content (AvgIpc) is 2.29. The highest BCUT2D eigenvalue weighted by Gasteiger charge is 2.08. The van der Waals surface area contributed by atoms with Crippen molar-refractivity contribution >= 4 is 34.4 Å². The zero-order valence-corrected chi connectivity index (χ0v) is 11.3. The zero-order chi connectivity index (χ0) is 13.5. The molecule has 5 heteroatoms. The maximum Gasteiger partial charge on any atom is 0.337 e. The SMILES string of the molecule is CC(=O)SCCC#Cc1ccc(Cl)cc1C(=O)O. The molecule has 0 unspecified atom stereocenters. The van der Waals surface area contributed by atoms with Gasteiger partial charge in [0.05, 0.1) is 5.56 Å². The number of hydrogen-bond acceptors (Lipinski definition) is 3. The van der Waals surface area contributed by atoms with Crippen LogP contribution in [-0.4, -0.2) is 21.9 Å². The highest BCUT2D eigenvalue weighted by Crippen LogP contribution is 2.15. The van der Waals surface area contributed by atoms with Crippen molar-refractivity contribution < 1.29 is 14.7 Å². The minimum Gasteiger partial charge on any atom is -0.478 e. The largest absolute Gasteiger partial charge is 0.478 e. The Balaban J connectivity index is 2.75. The molecule has 1 aromatic rings. The maximum absolute atomic E-state index is 11.0. The van der Waals surface area contributed by atoms with Crippen LogP contribution in [0, 0.1) is 11.8 Å². The van der Waals surface area contributed by atoms with Crippen molar-refractivity contribution in [2.45, 2.75) is 13.3 Å². The van der Waals surface area contributed by atoms with E-state index in [1.165, 1.54) is 24.8 Å². The molecule has 94 valence electrons. The summed E-state index contributed by atoms with van der Waals surface area (Å²) in [6.07, 6.45) is 0.534. The molecule has 0 amide bonds. The number of aromatic carboxylic acids is 1. The number of carbonyl (C=O) groups is 2. The van der Waals surface area contributed by atoms with Crippen LogP contribution >= 0.6 is 23.4 Å². The van der Waals surface area contributed by atoms with E-state index in [1.54, 1.807) is 12.1 Å². The Labute approximate surface area is 115 Å². The second-order valence-electron chi connectivity index (χ2n) is 3.39. The van der Waals surface area contributed by atoms with Crippen LogP contribution in [0.5, 0.6) is 0 Å². The average molecular weight is 283 g/mol. The number of carboxylic acid groups (broad SMARTS) is 1. The molecule has 0 aliphatic heterocycles. The normalized spacial score (nSPS) is 9.44. The van der Waals surface area contributed by atoms with Crippen LogP contribution < -0.4 is 0 Å². The van der Waals surface area contributed by atoms with Crippen molar-refractivity contribution in [2.24, 2.45) is 0 Å². The van der Waals surface area contributed by atoms with E-state index in [9.17, 15) is 9.59 Å². The molecule has 1 rings (SSSR count). The molecule has 18 heavy (non-hydrogen) atoms. The fraction of sp³-hybridized carbons (Fsp3) is 0.231. The summed E-state index contributed by atoms with van der Waals surface area (Å²) in [5.74, 6) is 5.18. The van der Waals surface area contributed by atoms with Crippen molar-refractivity contribution in [1.82, 2.24) is 0 Å². The predicted octanol–water partition coefficient (Wildman–Crippen LogP) is 3.06. The van der Waals surface area contributed by atoms with Crippen LogP contribution in [0.4, 0.5) is 0 Å². The number of carbonyl (C=O) groups excluding carboxylic acids is 1. The van der Waals surface area contributed by atoms with E-state index in [2.05, 4.69) is 11.8 Å². The molecule has 0 fully saturated rings. The summed E-state index contributed by atoms with van der Waals surface area (Å²) < 4.78 is 0. The van der Waals surface area contributed by atoms with Crippen LogP contribution in [0.3, 0.4) is 0 Å². The monoisotopic (exact) mass is 282 g/mol. The standard InChI is InChI=1S/C13H11ClO3S/c1-9(15)18-7-3-2-4-10-5-6-11(14)8-12(10)13(16)17/h5-6,8H,3,7H2,1H3,(H,16,17). The Kier molecular flexibility index (Phi) is 5.76. The van der Waals surface area contributed by atoms with Gasteiger partial charge in [0, 0.05) is 29.7 Å². The van der Waals surface area contributed by atoms with Crippen LogP contribution in [0.2, 0.25) is 5.02 Å². The Bertz CT molecular complexity index is 529. The zero-order valence-electron chi connectivity index (χ0n) is 9.70. The lowest BCUT2D eigenvalue weighted by Crippen LogP contribution is -1.99. The summed E-state index contributed by atoms with van der Waals surface area (Å²) in [6.45, 7) is 1.50. The summed E-state index contributed by atoms with van der Waals surface area (Å²) >= 11 is 6.93. The summed E-state index contributed by atoms with van der Waals surface area (Å²) in [5.41, 5.74) is 0.522. The number of rotatable bonds is 3. The number of halogens is 1. The number of thioether (sulfide) groups is 1. The molecule has 3 nitrogen and oxygen atoms in total. The van der Waals surface area contributed by atoms with Crippen molar-refractivity contribution in [3.05, 3.63) is 34.3 Å². The van der Waals surface area contributed by atoms with E-state index >= 15 is 0 Å². The lowest BCUT2D eigenvalue weighted by Gasteiger charge is -1.99. The van der Waals surface area contributed by atoms with Crippen molar-refractivity contribution in [3.63, 3.8) is 0 Å². The summed E-state index contributed by atoms with van der Waals surface area (Å²) in [7, 11) is 0. The smallest absolute Gasteiger partial charge is 0.337 e. The maximum atomic E-state index is 11.0. The Morgan fingerprint density at radius 3 is 2.78 bits per heavy atom. The van der Waals surface area contributed by atoms with Gasteiger partial charge < -0.3 is 5.11 Å². The molecule has 0 aromatic heterocycles. The Hall–Kier alpha value is -1.44. The Morgan fingerprint density at radius 2 is 2.17 bits per heavy atom. The number of carboxylic acids is 1. The molecule has 0 spiro atoms. The quantitative estimate of drug-likeness (QED) is 0.684. The van der Waals surface area contributed by atoms with Gasteiger partial charge in [0.2, 0.25) is 0 Å². The number of hydrogen-bond donors (Lipinski definition) is 1. The third kappa shape index (κ3) is 4.82. The van der Waals surface area contributed by atoms with Gasteiger partial charge in [-0.25, -0.2) is 4.79 Å². The van der Waals surface area contributed by atoms with Crippen molar-refractivity contribution in [2.75, 3.05) is 5.75 Å². The minimum absolute atomic E-state index is 0.0505. The molecule has 0 bridgehead atoms. The van der Waals surface area contributed by atoms with Gasteiger partial charge in [0.25, 0.3) is 0 Å².